The summed E-state index contributed by atoms with van der Waals surface area (Å²) in [5.74, 6) is 1.49. The van der Waals surface area contributed by atoms with E-state index in [4.69, 9.17) is 0 Å². The van der Waals surface area contributed by atoms with E-state index in [0.29, 0.717) is 18.0 Å². The van der Waals surface area contributed by atoms with Crippen LogP contribution < -0.4 is 10.2 Å². The predicted molar refractivity (Wildman–Crippen MR) is 103 cm³/mol. The Labute approximate surface area is 156 Å². The lowest BCUT2D eigenvalue weighted by molar-refractivity contribution is 0.0945. The number of piperidine rings is 1. The van der Waals surface area contributed by atoms with Gasteiger partial charge in [-0.15, -0.1) is 11.3 Å². The summed E-state index contributed by atoms with van der Waals surface area (Å²) in [6.07, 6.45) is 7.08. The molecule has 0 aliphatic carbocycles. The molecule has 4 heterocycles. The largest absolute Gasteiger partial charge is 0.356 e. The van der Waals surface area contributed by atoms with Crippen LogP contribution in [0.1, 0.15) is 28.8 Å². The molecule has 26 heavy (non-hydrogen) atoms. The Morgan fingerprint density at radius 3 is 2.88 bits per heavy atom. The molecule has 3 aromatic heterocycles. The van der Waals surface area contributed by atoms with Gasteiger partial charge < -0.3 is 10.2 Å². The zero-order valence-electron chi connectivity index (χ0n) is 15.0. The molecule has 1 saturated heterocycles. The number of anilines is 1. The van der Waals surface area contributed by atoms with Crippen LogP contribution in [0.25, 0.3) is 10.2 Å². The zero-order valence-corrected chi connectivity index (χ0v) is 15.8. The van der Waals surface area contributed by atoms with Crippen LogP contribution in [-0.2, 0) is 7.05 Å². The van der Waals surface area contributed by atoms with E-state index in [-0.39, 0.29) is 5.91 Å². The number of hydrogen-bond acceptors (Lipinski definition) is 6. The highest BCUT2D eigenvalue weighted by Crippen LogP contribution is 2.32. The molecular formula is C18H22N6OS. The van der Waals surface area contributed by atoms with Crippen LogP contribution in [0, 0.1) is 12.8 Å². The van der Waals surface area contributed by atoms with Crippen LogP contribution in [0.4, 0.5) is 5.82 Å². The second-order valence-electron chi connectivity index (χ2n) is 6.84. The first-order valence-corrected chi connectivity index (χ1v) is 9.70. The van der Waals surface area contributed by atoms with Crippen LogP contribution >= 0.6 is 11.3 Å². The summed E-state index contributed by atoms with van der Waals surface area (Å²) >= 11 is 1.67. The Hall–Kier alpha value is -2.48. The molecule has 8 heteroatoms. The Balaban J connectivity index is 1.35. The van der Waals surface area contributed by atoms with Crippen molar-refractivity contribution < 1.29 is 4.79 Å². The highest BCUT2D eigenvalue weighted by molar-refractivity contribution is 7.17. The van der Waals surface area contributed by atoms with Crippen molar-refractivity contribution in [3.8, 4) is 0 Å². The van der Waals surface area contributed by atoms with Gasteiger partial charge in [-0.2, -0.15) is 5.10 Å². The van der Waals surface area contributed by atoms with E-state index in [1.54, 1.807) is 34.7 Å². The van der Waals surface area contributed by atoms with Crippen LogP contribution in [0.5, 0.6) is 0 Å². The van der Waals surface area contributed by atoms with Gasteiger partial charge in [0.25, 0.3) is 5.91 Å². The second kappa shape index (κ2) is 7.03. The quantitative estimate of drug-likeness (QED) is 0.763. The van der Waals surface area contributed by atoms with Crippen molar-refractivity contribution in [1.82, 2.24) is 25.1 Å². The van der Waals surface area contributed by atoms with Gasteiger partial charge in [-0.05, 0) is 36.6 Å². The summed E-state index contributed by atoms with van der Waals surface area (Å²) in [4.78, 5) is 24.5. The van der Waals surface area contributed by atoms with E-state index < -0.39 is 0 Å². The number of aryl methyl sites for hydroxylation is 2. The summed E-state index contributed by atoms with van der Waals surface area (Å²) in [5.41, 5.74) is 1.85. The highest BCUT2D eigenvalue weighted by Gasteiger charge is 2.23. The van der Waals surface area contributed by atoms with Gasteiger partial charge in [0, 0.05) is 32.9 Å². The molecule has 7 nitrogen and oxygen atoms in total. The third-order valence-electron chi connectivity index (χ3n) is 4.97. The molecule has 0 saturated carbocycles. The fourth-order valence-electron chi connectivity index (χ4n) is 3.46. The predicted octanol–water partition coefficient (Wildman–Crippen LogP) is 2.38. The molecule has 1 aliphatic rings. The molecule has 1 amide bonds. The maximum absolute atomic E-state index is 12.2. The molecule has 3 aromatic rings. The number of nitrogens with one attached hydrogen (secondary N) is 1. The van der Waals surface area contributed by atoms with Crippen molar-refractivity contribution in [3.05, 3.63) is 35.2 Å². The van der Waals surface area contributed by atoms with E-state index >= 15 is 0 Å². The maximum Gasteiger partial charge on any atom is 0.254 e. The average Bonchev–Trinajstić information content (AvgIpc) is 3.26. The summed E-state index contributed by atoms with van der Waals surface area (Å²) in [6, 6.07) is 0. The Kier molecular flexibility index (Phi) is 4.58. The van der Waals surface area contributed by atoms with Crippen LogP contribution in [0.2, 0.25) is 0 Å². The lowest BCUT2D eigenvalue weighted by Crippen LogP contribution is -2.39. The smallest absolute Gasteiger partial charge is 0.254 e. The van der Waals surface area contributed by atoms with Crippen molar-refractivity contribution >= 4 is 33.3 Å². The van der Waals surface area contributed by atoms with Gasteiger partial charge in [0.2, 0.25) is 0 Å². The molecule has 1 aliphatic heterocycles. The molecule has 136 valence electrons. The van der Waals surface area contributed by atoms with E-state index in [1.165, 1.54) is 10.9 Å². The topological polar surface area (TPSA) is 75.9 Å². The maximum atomic E-state index is 12.2. The average molecular weight is 370 g/mol. The zero-order chi connectivity index (χ0) is 18.1. The van der Waals surface area contributed by atoms with Crippen molar-refractivity contribution in [3.63, 3.8) is 0 Å². The fourth-order valence-corrected chi connectivity index (χ4v) is 4.35. The van der Waals surface area contributed by atoms with Crippen molar-refractivity contribution in [2.75, 3.05) is 24.5 Å². The minimum atomic E-state index is -0.0491. The molecule has 1 fully saturated rings. The summed E-state index contributed by atoms with van der Waals surface area (Å²) < 4.78 is 1.64. The molecule has 1 N–H and O–H groups in total. The minimum absolute atomic E-state index is 0.0491. The molecule has 0 radical (unpaired) electrons. The van der Waals surface area contributed by atoms with Gasteiger partial charge in [-0.25, -0.2) is 9.97 Å². The lowest BCUT2D eigenvalue weighted by atomic mass is 9.96. The summed E-state index contributed by atoms with van der Waals surface area (Å²) in [5, 5.41) is 10.4. The summed E-state index contributed by atoms with van der Waals surface area (Å²) in [7, 11) is 1.81. The van der Waals surface area contributed by atoms with Gasteiger partial charge >= 0.3 is 0 Å². The van der Waals surface area contributed by atoms with Crippen molar-refractivity contribution in [1.29, 1.82) is 0 Å². The molecule has 0 bridgehead atoms. The SMILES string of the molecule is Cc1csc2ncnc(N3CCC(CNC(=O)c4cnn(C)c4)CC3)c12. The van der Waals surface area contributed by atoms with Crippen molar-refractivity contribution in [2.24, 2.45) is 13.0 Å². The molecule has 0 unspecified atom stereocenters. The standard InChI is InChI=1S/C18H22N6OS/c1-12-10-26-18-15(12)16(20-11-21-18)24-5-3-13(4-6-24)7-19-17(25)14-8-22-23(2)9-14/h8-11,13H,3-7H2,1-2H3,(H,19,25). The molecule has 0 aromatic carbocycles. The van der Waals surface area contributed by atoms with Crippen LogP contribution in [0.15, 0.2) is 24.1 Å². The first-order chi connectivity index (χ1) is 12.6. The number of amides is 1. The van der Waals surface area contributed by atoms with Crippen LogP contribution in [0.3, 0.4) is 0 Å². The van der Waals surface area contributed by atoms with Crippen LogP contribution in [-0.4, -0.2) is 45.3 Å². The van der Waals surface area contributed by atoms with Gasteiger partial charge in [0.1, 0.15) is 17.0 Å². The molecular weight excluding hydrogens is 348 g/mol. The van der Waals surface area contributed by atoms with E-state index in [2.05, 4.69) is 37.6 Å². The number of hydrogen-bond donors (Lipinski definition) is 1. The molecule has 0 atom stereocenters. The van der Waals surface area contributed by atoms with E-state index in [0.717, 1.165) is 36.6 Å². The third-order valence-corrected chi connectivity index (χ3v) is 5.97. The third kappa shape index (κ3) is 3.29. The minimum Gasteiger partial charge on any atom is -0.356 e. The first-order valence-electron chi connectivity index (χ1n) is 8.82. The lowest BCUT2D eigenvalue weighted by Gasteiger charge is -2.33. The number of rotatable bonds is 4. The number of thiophene rings is 1. The Morgan fingerprint density at radius 1 is 1.35 bits per heavy atom. The Morgan fingerprint density at radius 2 is 2.15 bits per heavy atom. The monoisotopic (exact) mass is 370 g/mol. The van der Waals surface area contributed by atoms with Gasteiger partial charge in [0.15, 0.2) is 0 Å². The number of fused-ring (bicyclic) bond motifs is 1. The van der Waals surface area contributed by atoms with Gasteiger partial charge in [0.05, 0.1) is 17.1 Å². The number of aromatic nitrogens is 4. The molecule has 0 spiro atoms. The number of carbonyl (C=O) groups excluding carboxylic acids is 1. The highest BCUT2D eigenvalue weighted by atomic mass is 32.1. The number of nitrogens with zero attached hydrogens (tertiary/aromatic N) is 5. The van der Waals surface area contributed by atoms with Crippen molar-refractivity contribution in [2.45, 2.75) is 19.8 Å². The van der Waals surface area contributed by atoms with Gasteiger partial charge in [-0.1, -0.05) is 0 Å². The number of carbonyl (C=O) groups is 1. The fraction of sp³-hybridized carbons (Fsp3) is 0.444. The van der Waals surface area contributed by atoms with Gasteiger partial charge in [-0.3, -0.25) is 9.48 Å². The second-order valence-corrected chi connectivity index (χ2v) is 7.70. The Bertz CT molecular complexity index is 925. The van der Waals surface area contributed by atoms with E-state index in [1.807, 2.05) is 7.05 Å². The molecule has 4 rings (SSSR count). The summed E-state index contributed by atoms with van der Waals surface area (Å²) in [6.45, 7) is 4.73. The first kappa shape index (κ1) is 17.0. The normalized spacial score (nSPS) is 15.5. The van der Waals surface area contributed by atoms with E-state index in [9.17, 15) is 4.79 Å².